The molecule has 92 valence electrons. The smallest absolute Gasteiger partial charge is 0.405 e. The third kappa shape index (κ3) is 2.71. The van der Waals surface area contributed by atoms with Crippen LogP contribution in [-0.4, -0.2) is 16.1 Å². The van der Waals surface area contributed by atoms with Gasteiger partial charge in [-0.2, -0.15) is 5.10 Å². The lowest BCUT2D eigenvalue weighted by molar-refractivity contribution is -0.274. The first kappa shape index (κ1) is 12.2. The topological polar surface area (TPSA) is 27.1 Å². The summed E-state index contributed by atoms with van der Waals surface area (Å²) >= 11 is 3.04. The zero-order valence-electron chi connectivity index (χ0n) is 8.75. The van der Waals surface area contributed by atoms with Gasteiger partial charge >= 0.3 is 6.36 Å². The number of alkyl halides is 3. The lowest BCUT2D eigenvalue weighted by atomic mass is 10.2. The van der Waals surface area contributed by atoms with Gasteiger partial charge in [0.1, 0.15) is 5.75 Å². The second kappa shape index (κ2) is 4.21. The van der Waals surface area contributed by atoms with Crippen LogP contribution in [0.3, 0.4) is 0 Å². The molecule has 0 saturated heterocycles. The number of aryl methyl sites for hydroxylation is 1. The molecule has 0 aliphatic rings. The molecule has 0 radical (unpaired) electrons. The van der Waals surface area contributed by atoms with E-state index in [9.17, 15) is 13.2 Å². The van der Waals surface area contributed by atoms with Crippen LogP contribution in [0.4, 0.5) is 13.2 Å². The molecule has 1 heterocycles. The minimum atomic E-state index is -4.70. The van der Waals surface area contributed by atoms with Crippen molar-refractivity contribution in [2.75, 3.05) is 0 Å². The van der Waals surface area contributed by atoms with E-state index in [0.29, 0.717) is 12.1 Å². The summed E-state index contributed by atoms with van der Waals surface area (Å²) < 4.78 is 42.2. The number of halogens is 4. The molecule has 0 unspecified atom stereocenters. The van der Waals surface area contributed by atoms with E-state index in [1.807, 2.05) is 6.92 Å². The Balaban J connectivity index is 2.47. The van der Waals surface area contributed by atoms with Gasteiger partial charge in [0.2, 0.25) is 0 Å². The van der Waals surface area contributed by atoms with Crippen LogP contribution in [0.2, 0.25) is 0 Å². The van der Waals surface area contributed by atoms with Gasteiger partial charge in [0.25, 0.3) is 0 Å². The molecule has 7 heteroatoms. The third-order valence-corrected chi connectivity index (χ3v) is 2.77. The van der Waals surface area contributed by atoms with Crippen molar-refractivity contribution in [3.05, 3.63) is 22.8 Å². The fourth-order valence-electron chi connectivity index (χ4n) is 1.44. The average Bonchev–Trinajstić information content (AvgIpc) is 2.58. The van der Waals surface area contributed by atoms with Gasteiger partial charge < -0.3 is 4.74 Å². The normalized spacial score (nSPS) is 12.1. The first-order valence-corrected chi connectivity index (χ1v) is 5.61. The van der Waals surface area contributed by atoms with E-state index < -0.39 is 6.36 Å². The van der Waals surface area contributed by atoms with Gasteiger partial charge in [0, 0.05) is 24.2 Å². The fraction of sp³-hybridized carbons (Fsp3) is 0.300. The maximum atomic E-state index is 12.1. The molecule has 2 rings (SSSR count). The number of ether oxygens (including phenoxy) is 1. The predicted molar refractivity (Wildman–Crippen MR) is 59.8 cm³/mol. The first-order valence-electron chi connectivity index (χ1n) is 4.81. The van der Waals surface area contributed by atoms with E-state index in [2.05, 4.69) is 25.8 Å². The van der Waals surface area contributed by atoms with Crippen molar-refractivity contribution < 1.29 is 17.9 Å². The molecule has 0 N–H and O–H groups in total. The van der Waals surface area contributed by atoms with Crippen LogP contribution in [0.25, 0.3) is 10.9 Å². The number of benzene rings is 1. The van der Waals surface area contributed by atoms with Gasteiger partial charge in [-0.1, -0.05) is 0 Å². The third-order valence-electron chi connectivity index (χ3n) is 2.16. The number of nitrogens with zero attached hydrogens (tertiary/aromatic N) is 2. The number of hydrogen-bond donors (Lipinski definition) is 0. The highest BCUT2D eigenvalue weighted by Gasteiger charge is 2.32. The lowest BCUT2D eigenvalue weighted by Crippen LogP contribution is -2.17. The Morgan fingerprint density at radius 3 is 2.71 bits per heavy atom. The molecule has 0 bridgehead atoms. The summed E-state index contributed by atoms with van der Waals surface area (Å²) in [7, 11) is 0. The molecule has 0 amide bonds. The van der Waals surface area contributed by atoms with Gasteiger partial charge in [-0.05, 0) is 28.9 Å². The largest absolute Gasteiger partial charge is 0.573 e. The fourth-order valence-corrected chi connectivity index (χ4v) is 1.88. The molecule has 0 saturated carbocycles. The van der Waals surface area contributed by atoms with Crippen molar-refractivity contribution in [1.82, 2.24) is 9.78 Å². The molecule has 0 aliphatic heterocycles. The van der Waals surface area contributed by atoms with E-state index in [4.69, 9.17) is 0 Å². The summed E-state index contributed by atoms with van der Waals surface area (Å²) in [5, 5.41) is 4.87. The SMILES string of the molecule is CCn1cc2cc(Br)c(OC(F)(F)F)cc2n1. The molecule has 0 atom stereocenters. The van der Waals surface area contributed by atoms with E-state index in [0.717, 1.165) is 5.39 Å². The van der Waals surface area contributed by atoms with Crippen LogP contribution in [0.15, 0.2) is 22.8 Å². The van der Waals surface area contributed by atoms with Gasteiger partial charge in [-0.3, -0.25) is 4.68 Å². The molecule has 0 aliphatic carbocycles. The summed E-state index contributed by atoms with van der Waals surface area (Å²) in [5.41, 5.74) is 0.467. The van der Waals surface area contributed by atoms with Crippen LogP contribution in [0.1, 0.15) is 6.92 Å². The highest BCUT2D eigenvalue weighted by molar-refractivity contribution is 9.10. The minimum Gasteiger partial charge on any atom is -0.405 e. The van der Waals surface area contributed by atoms with Crippen LogP contribution in [-0.2, 0) is 6.54 Å². The molecule has 1 aromatic carbocycles. The molecule has 17 heavy (non-hydrogen) atoms. The summed E-state index contributed by atoms with van der Waals surface area (Å²) in [5.74, 6) is -0.286. The summed E-state index contributed by atoms with van der Waals surface area (Å²) in [6.07, 6.45) is -2.94. The van der Waals surface area contributed by atoms with Crippen molar-refractivity contribution in [3.63, 3.8) is 0 Å². The number of aromatic nitrogens is 2. The highest BCUT2D eigenvalue weighted by atomic mass is 79.9. The Labute approximate surface area is 103 Å². The highest BCUT2D eigenvalue weighted by Crippen LogP contribution is 2.33. The van der Waals surface area contributed by atoms with E-state index in [-0.39, 0.29) is 10.2 Å². The number of hydrogen-bond acceptors (Lipinski definition) is 2. The maximum Gasteiger partial charge on any atom is 0.573 e. The molecule has 3 nitrogen and oxygen atoms in total. The zero-order valence-corrected chi connectivity index (χ0v) is 10.3. The Bertz CT molecular complexity index is 550. The minimum absolute atomic E-state index is 0.248. The molecule has 2 aromatic rings. The van der Waals surface area contributed by atoms with Crippen LogP contribution in [0, 0.1) is 0 Å². The quantitative estimate of drug-likeness (QED) is 0.845. The standard InChI is InChI=1S/C10H8BrF3N2O/c1-2-16-5-6-3-7(11)9(4-8(6)15-16)17-10(12,13)14/h3-5H,2H2,1H3. The maximum absolute atomic E-state index is 12.1. The number of fused-ring (bicyclic) bond motifs is 1. The van der Waals surface area contributed by atoms with Crippen molar-refractivity contribution >= 4 is 26.8 Å². The Hall–Kier alpha value is -1.24. The van der Waals surface area contributed by atoms with Crippen LogP contribution >= 0.6 is 15.9 Å². The summed E-state index contributed by atoms with van der Waals surface area (Å²) in [6, 6.07) is 2.81. The monoisotopic (exact) mass is 308 g/mol. The summed E-state index contributed by atoms with van der Waals surface area (Å²) in [4.78, 5) is 0. The van der Waals surface area contributed by atoms with Crippen molar-refractivity contribution in [1.29, 1.82) is 0 Å². The average molecular weight is 309 g/mol. The lowest BCUT2D eigenvalue weighted by Gasteiger charge is -2.09. The first-order chi connectivity index (χ1) is 7.89. The van der Waals surface area contributed by atoms with Crippen molar-refractivity contribution in [3.8, 4) is 5.75 Å². The summed E-state index contributed by atoms with van der Waals surface area (Å²) in [6.45, 7) is 2.55. The molecule has 0 fully saturated rings. The predicted octanol–water partition coefficient (Wildman–Crippen LogP) is 3.72. The van der Waals surface area contributed by atoms with Gasteiger partial charge in [0.15, 0.2) is 0 Å². The van der Waals surface area contributed by atoms with E-state index in [1.54, 1.807) is 16.9 Å². The Morgan fingerprint density at radius 1 is 1.41 bits per heavy atom. The second-order valence-electron chi connectivity index (χ2n) is 3.37. The van der Waals surface area contributed by atoms with Crippen LogP contribution in [0.5, 0.6) is 5.75 Å². The van der Waals surface area contributed by atoms with Gasteiger partial charge in [0.05, 0.1) is 9.99 Å². The zero-order chi connectivity index (χ0) is 12.6. The molecule has 1 aromatic heterocycles. The van der Waals surface area contributed by atoms with Crippen molar-refractivity contribution in [2.45, 2.75) is 19.8 Å². The van der Waals surface area contributed by atoms with Gasteiger partial charge in [-0.25, -0.2) is 0 Å². The Kier molecular flexibility index (Phi) is 3.03. The molecular formula is C10H8BrF3N2O. The van der Waals surface area contributed by atoms with Crippen molar-refractivity contribution in [2.24, 2.45) is 0 Å². The molecule has 0 spiro atoms. The Morgan fingerprint density at radius 2 is 2.12 bits per heavy atom. The second-order valence-corrected chi connectivity index (χ2v) is 4.23. The van der Waals surface area contributed by atoms with E-state index in [1.165, 1.54) is 6.07 Å². The van der Waals surface area contributed by atoms with E-state index >= 15 is 0 Å². The number of rotatable bonds is 2. The van der Waals surface area contributed by atoms with Crippen LogP contribution < -0.4 is 4.74 Å². The van der Waals surface area contributed by atoms with Gasteiger partial charge in [-0.15, -0.1) is 13.2 Å². The molecular weight excluding hydrogens is 301 g/mol.